The topological polar surface area (TPSA) is 65.1 Å². The molecule has 0 radical (unpaired) electrons. The van der Waals surface area contributed by atoms with Crippen LogP contribution in [0.2, 0.25) is 0 Å². The number of carbonyl (C=O) groups excluding carboxylic acids is 2. The number of ether oxygens (including phenoxy) is 3. The van der Waals surface area contributed by atoms with E-state index < -0.39 is 17.5 Å². The zero-order valence-corrected chi connectivity index (χ0v) is 15.4. The molecule has 1 aromatic rings. The summed E-state index contributed by atoms with van der Waals surface area (Å²) in [5, 5.41) is 0. The van der Waals surface area contributed by atoms with Crippen LogP contribution in [0, 0.1) is 11.7 Å². The largest absolute Gasteiger partial charge is 0.466 e. The molecule has 2 aliphatic heterocycles. The number of morpholine rings is 1. The third kappa shape index (κ3) is 3.70. The number of carbonyl (C=O) groups is 2. The lowest BCUT2D eigenvalue weighted by Crippen LogP contribution is -2.55. The average molecular weight is 416 g/mol. The molecule has 2 fully saturated rings. The van der Waals surface area contributed by atoms with Crippen molar-refractivity contribution < 1.29 is 28.2 Å². The minimum atomic E-state index is -0.826. The van der Waals surface area contributed by atoms with Crippen LogP contribution in [0.1, 0.15) is 23.2 Å². The van der Waals surface area contributed by atoms with Gasteiger partial charge in [-0.25, -0.2) is 4.39 Å². The lowest BCUT2D eigenvalue weighted by molar-refractivity contribution is -0.147. The monoisotopic (exact) mass is 415 g/mol. The number of fused-ring (bicyclic) bond motifs is 1. The number of ketones is 1. The second kappa shape index (κ2) is 7.80. The van der Waals surface area contributed by atoms with Crippen LogP contribution >= 0.6 is 15.9 Å². The molecule has 6 nitrogen and oxygen atoms in total. The number of hydrogen-bond donors (Lipinski definition) is 0. The lowest BCUT2D eigenvalue weighted by atomic mass is 9.85. The normalized spacial score (nSPS) is 23.3. The lowest BCUT2D eigenvalue weighted by Gasteiger charge is -2.41. The van der Waals surface area contributed by atoms with Gasteiger partial charge in [-0.1, -0.05) is 0 Å². The number of rotatable bonds is 5. The first kappa shape index (κ1) is 18.3. The molecule has 2 saturated heterocycles. The second-order valence-electron chi connectivity index (χ2n) is 6.07. The van der Waals surface area contributed by atoms with Crippen molar-refractivity contribution in [2.45, 2.75) is 18.9 Å². The van der Waals surface area contributed by atoms with Gasteiger partial charge >= 0.3 is 0 Å². The summed E-state index contributed by atoms with van der Waals surface area (Å²) in [5.74, 6) is -1.87. The summed E-state index contributed by atoms with van der Waals surface area (Å²) in [6.45, 7) is 1.36. The van der Waals surface area contributed by atoms with Gasteiger partial charge in [-0.3, -0.25) is 9.59 Å². The van der Waals surface area contributed by atoms with E-state index in [1.807, 2.05) is 0 Å². The molecule has 8 heteroatoms. The highest BCUT2D eigenvalue weighted by Gasteiger charge is 2.41. The maximum absolute atomic E-state index is 13.8. The van der Waals surface area contributed by atoms with E-state index in [1.165, 1.54) is 13.2 Å². The first-order chi connectivity index (χ1) is 12.0. The van der Waals surface area contributed by atoms with E-state index in [4.69, 9.17) is 14.2 Å². The quantitative estimate of drug-likeness (QED) is 0.419. The van der Waals surface area contributed by atoms with Gasteiger partial charge in [0.25, 0.3) is 0 Å². The Hall–Kier alpha value is -1.51. The van der Waals surface area contributed by atoms with Crippen LogP contribution in [0.15, 0.2) is 16.6 Å². The van der Waals surface area contributed by atoms with Gasteiger partial charge in [0.2, 0.25) is 5.91 Å². The van der Waals surface area contributed by atoms with Crippen LogP contribution in [-0.4, -0.2) is 56.3 Å². The van der Waals surface area contributed by atoms with Crippen LogP contribution in [0.3, 0.4) is 0 Å². The van der Waals surface area contributed by atoms with Gasteiger partial charge < -0.3 is 19.1 Å². The van der Waals surface area contributed by atoms with Gasteiger partial charge in [0.1, 0.15) is 17.5 Å². The van der Waals surface area contributed by atoms with Gasteiger partial charge in [-0.15, -0.1) is 0 Å². The number of methoxy groups -OCH3 is 1. The van der Waals surface area contributed by atoms with Crippen LogP contribution in [0.5, 0.6) is 5.75 Å². The zero-order valence-electron chi connectivity index (χ0n) is 13.8. The van der Waals surface area contributed by atoms with Gasteiger partial charge in [0.15, 0.2) is 12.6 Å². The van der Waals surface area contributed by atoms with Crippen LogP contribution in [0.25, 0.3) is 0 Å². The molecular formula is C17H19BrFNO5. The van der Waals surface area contributed by atoms with Crippen molar-refractivity contribution in [2.24, 2.45) is 5.92 Å². The van der Waals surface area contributed by atoms with Crippen LogP contribution in [0.4, 0.5) is 4.39 Å². The third-order valence-electron chi connectivity index (χ3n) is 4.51. The zero-order chi connectivity index (χ0) is 18.0. The highest BCUT2D eigenvalue weighted by atomic mass is 79.9. The van der Waals surface area contributed by atoms with E-state index in [-0.39, 0.29) is 30.1 Å². The Labute approximate surface area is 153 Å². The Balaban J connectivity index is 1.88. The fourth-order valence-corrected chi connectivity index (χ4v) is 3.85. The minimum Gasteiger partial charge on any atom is -0.466 e. The molecule has 1 aromatic carbocycles. The maximum Gasteiger partial charge on any atom is 0.233 e. The highest BCUT2D eigenvalue weighted by molar-refractivity contribution is 9.10. The molecule has 0 saturated carbocycles. The molecule has 0 bridgehead atoms. The maximum atomic E-state index is 13.8. The Morgan fingerprint density at radius 1 is 1.44 bits per heavy atom. The summed E-state index contributed by atoms with van der Waals surface area (Å²) in [7, 11) is 1.45. The summed E-state index contributed by atoms with van der Waals surface area (Å²) in [4.78, 5) is 27.4. The standard InChI is InChI=1S/C17H19BrFNO5/c1-23-9-25-16-13(6-10(19)7-14(16)18)15(21)12-3-2-11-8-24-5-4-20(11)17(12)22/h6-7,11-12H,2-5,8-9H2,1H3/t11-,12?/m1/s1. The van der Waals surface area contributed by atoms with Crippen molar-refractivity contribution in [3.63, 3.8) is 0 Å². The van der Waals surface area contributed by atoms with Crippen molar-refractivity contribution in [2.75, 3.05) is 33.7 Å². The summed E-state index contributed by atoms with van der Waals surface area (Å²) >= 11 is 3.21. The number of piperidine rings is 1. The van der Waals surface area contributed by atoms with E-state index in [9.17, 15) is 14.0 Å². The molecule has 25 heavy (non-hydrogen) atoms. The van der Waals surface area contributed by atoms with Gasteiger partial charge in [0, 0.05) is 13.7 Å². The fraction of sp³-hybridized carbons (Fsp3) is 0.529. The fourth-order valence-electron chi connectivity index (χ4n) is 3.31. The number of nitrogens with zero attached hydrogens (tertiary/aromatic N) is 1. The molecule has 0 N–H and O–H groups in total. The smallest absolute Gasteiger partial charge is 0.233 e. The van der Waals surface area contributed by atoms with E-state index in [0.717, 1.165) is 6.07 Å². The number of Topliss-reactive ketones (excluding diaryl/α,β-unsaturated/α-hetero) is 1. The molecule has 1 unspecified atom stereocenters. The minimum absolute atomic E-state index is 0.0220. The predicted octanol–water partition coefficient (Wildman–Crippen LogP) is 2.39. The molecule has 2 heterocycles. The van der Waals surface area contributed by atoms with Crippen molar-refractivity contribution in [1.82, 2.24) is 4.90 Å². The molecule has 1 amide bonds. The summed E-state index contributed by atoms with van der Waals surface area (Å²) in [6.07, 6.45) is 1.10. The molecular weight excluding hydrogens is 397 g/mol. The Bertz CT molecular complexity index is 683. The Morgan fingerprint density at radius 2 is 2.24 bits per heavy atom. The average Bonchev–Trinajstić information content (AvgIpc) is 2.60. The number of hydrogen-bond acceptors (Lipinski definition) is 5. The first-order valence-electron chi connectivity index (χ1n) is 8.06. The second-order valence-corrected chi connectivity index (χ2v) is 6.92. The van der Waals surface area contributed by atoms with E-state index in [1.54, 1.807) is 4.90 Å². The Morgan fingerprint density at radius 3 is 3.00 bits per heavy atom. The highest BCUT2D eigenvalue weighted by Crippen LogP contribution is 2.35. The van der Waals surface area contributed by atoms with Crippen LogP contribution < -0.4 is 4.74 Å². The number of benzene rings is 1. The van der Waals surface area contributed by atoms with E-state index in [2.05, 4.69) is 15.9 Å². The number of halogens is 2. The summed E-state index contributed by atoms with van der Waals surface area (Å²) in [6, 6.07) is 2.34. The Kier molecular flexibility index (Phi) is 5.71. The summed E-state index contributed by atoms with van der Waals surface area (Å²) in [5.41, 5.74) is 0.0500. The van der Waals surface area contributed by atoms with Crippen molar-refractivity contribution in [3.05, 3.63) is 28.0 Å². The van der Waals surface area contributed by atoms with Crippen LogP contribution in [-0.2, 0) is 14.3 Å². The van der Waals surface area contributed by atoms with Crippen molar-refractivity contribution >= 4 is 27.6 Å². The SMILES string of the molecule is COCOc1c(Br)cc(F)cc1C(=O)C1CC[C@@H]2COCCN2C1=O. The molecule has 3 rings (SSSR count). The van der Waals surface area contributed by atoms with E-state index >= 15 is 0 Å². The third-order valence-corrected chi connectivity index (χ3v) is 5.10. The first-order valence-corrected chi connectivity index (χ1v) is 8.85. The van der Waals surface area contributed by atoms with Crippen molar-refractivity contribution in [1.29, 1.82) is 0 Å². The summed E-state index contributed by atoms with van der Waals surface area (Å²) < 4.78 is 29.8. The molecule has 0 aliphatic carbocycles. The van der Waals surface area contributed by atoms with Gasteiger partial charge in [-0.05, 0) is 40.9 Å². The molecule has 0 spiro atoms. The molecule has 0 aromatic heterocycles. The molecule has 2 atom stereocenters. The predicted molar refractivity (Wildman–Crippen MR) is 90.0 cm³/mol. The molecule has 136 valence electrons. The number of amides is 1. The molecule has 2 aliphatic rings. The van der Waals surface area contributed by atoms with Gasteiger partial charge in [-0.2, -0.15) is 0 Å². The van der Waals surface area contributed by atoms with E-state index in [0.29, 0.717) is 37.1 Å². The van der Waals surface area contributed by atoms with Gasteiger partial charge in [0.05, 0.1) is 29.3 Å². The van der Waals surface area contributed by atoms with Crippen molar-refractivity contribution in [3.8, 4) is 5.75 Å².